The quantitative estimate of drug-likeness (QED) is 0.783. The predicted octanol–water partition coefficient (Wildman–Crippen LogP) is 4.40. The van der Waals surface area contributed by atoms with Crippen LogP contribution in [0.15, 0.2) is 30.3 Å². The van der Waals surface area contributed by atoms with Crippen molar-refractivity contribution in [3.63, 3.8) is 0 Å². The number of halogens is 2. The largest absolute Gasteiger partial charge is 0.383 e. The molecule has 0 aliphatic carbocycles. The van der Waals surface area contributed by atoms with Gasteiger partial charge in [0.15, 0.2) is 0 Å². The van der Waals surface area contributed by atoms with Crippen LogP contribution in [-0.4, -0.2) is 5.11 Å². The maximum Gasteiger partial charge on any atom is 0.113 e. The lowest BCUT2D eigenvalue weighted by Gasteiger charge is -2.09. The maximum absolute atomic E-state index is 10.2. The number of aryl methyl sites for hydroxylation is 1. The molecule has 0 saturated carbocycles. The molecule has 0 radical (unpaired) electrons. The molecular weight excluding hydrogens is 355 g/mol. The molecule has 0 saturated heterocycles. The van der Waals surface area contributed by atoms with Gasteiger partial charge in [-0.1, -0.05) is 17.7 Å². The van der Waals surface area contributed by atoms with Crippen molar-refractivity contribution in [3.8, 4) is 0 Å². The third-order valence-electron chi connectivity index (χ3n) is 2.29. The zero-order valence-electron chi connectivity index (χ0n) is 8.58. The van der Waals surface area contributed by atoms with Crippen molar-refractivity contribution in [1.29, 1.82) is 0 Å². The van der Waals surface area contributed by atoms with Crippen LogP contribution in [0, 0.1) is 10.5 Å². The Hall–Kier alpha value is -0.100. The molecular formula is C12H10ClIOS. The lowest BCUT2D eigenvalue weighted by Crippen LogP contribution is -1.97. The van der Waals surface area contributed by atoms with E-state index in [2.05, 4.69) is 22.6 Å². The molecule has 0 amide bonds. The van der Waals surface area contributed by atoms with Gasteiger partial charge in [0, 0.05) is 13.3 Å². The van der Waals surface area contributed by atoms with Crippen LogP contribution in [0.25, 0.3) is 0 Å². The van der Waals surface area contributed by atoms with Crippen LogP contribution in [0.1, 0.15) is 21.4 Å². The predicted molar refractivity (Wildman–Crippen MR) is 77.3 cm³/mol. The maximum atomic E-state index is 10.2. The van der Waals surface area contributed by atoms with E-state index in [9.17, 15) is 5.11 Å². The van der Waals surface area contributed by atoms with Gasteiger partial charge in [-0.15, -0.1) is 11.3 Å². The van der Waals surface area contributed by atoms with E-state index < -0.39 is 6.10 Å². The molecule has 84 valence electrons. The Morgan fingerprint density at radius 2 is 2.06 bits per heavy atom. The molecule has 1 unspecified atom stereocenters. The van der Waals surface area contributed by atoms with Gasteiger partial charge < -0.3 is 5.11 Å². The summed E-state index contributed by atoms with van der Waals surface area (Å²) in [5.74, 6) is 0. The van der Waals surface area contributed by atoms with Gasteiger partial charge in [0.1, 0.15) is 6.10 Å². The highest BCUT2D eigenvalue weighted by atomic mass is 127. The average molecular weight is 365 g/mol. The molecule has 4 heteroatoms. The first-order valence-electron chi connectivity index (χ1n) is 4.77. The summed E-state index contributed by atoms with van der Waals surface area (Å²) in [6.07, 6.45) is -0.576. The van der Waals surface area contributed by atoms with Gasteiger partial charge in [-0.25, -0.2) is 0 Å². The SMILES string of the molecule is Cc1ccc(C(O)c2ccc(I)c(Cl)c2)s1. The summed E-state index contributed by atoms with van der Waals surface area (Å²) in [4.78, 5) is 2.15. The molecule has 1 aromatic heterocycles. The van der Waals surface area contributed by atoms with Gasteiger partial charge in [0.2, 0.25) is 0 Å². The van der Waals surface area contributed by atoms with Crippen molar-refractivity contribution in [2.45, 2.75) is 13.0 Å². The second kappa shape index (κ2) is 5.04. The van der Waals surface area contributed by atoms with Crippen LogP contribution in [-0.2, 0) is 0 Å². The fraction of sp³-hybridized carbons (Fsp3) is 0.167. The van der Waals surface area contributed by atoms with Gasteiger partial charge in [-0.2, -0.15) is 0 Å². The highest BCUT2D eigenvalue weighted by Gasteiger charge is 2.13. The van der Waals surface area contributed by atoms with Gasteiger partial charge in [0.25, 0.3) is 0 Å². The number of aliphatic hydroxyl groups excluding tert-OH is 1. The minimum atomic E-state index is -0.576. The van der Waals surface area contributed by atoms with E-state index in [4.69, 9.17) is 11.6 Å². The molecule has 0 aliphatic heterocycles. The highest BCUT2D eigenvalue weighted by molar-refractivity contribution is 14.1. The molecule has 1 aromatic carbocycles. The Labute approximate surface area is 117 Å². The van der Waals surface area contributed by atoms with Crippen LogP contribution in [0.4, 0.5) is 0 Å². The van der Waals surface area contributed by atoms with E-state index in [1.807, 2.05) is 37.3 Å². The van der Waals surface area contributed by atoms with E-state index in [1.54, 1.807) is 11.3 Å². The Balaban J connectivity index is 2.33. The summed E-state index contributed by atoms with van der Waals surface area (Å²) in [5, 5.41) is 10.9. The van der Waals surface area contributed by atoms with E-state index in [1.165, 1.54) is 4.88 Å². The van der Waals surface area contributed by atoms with E-state index in [-0.39, 0.29) is 0 Å². The smallest absolute Gasteiger partial charge is 0.113 e. The summed E-state index contributed by atoms with van der Waals surface area (Å²) in [6, 6.07) is 9.62. The van der Waals surface area contributed by atoms with Crippen LogP contribution in [0.5, 0.6) is 0 Å². The molecule has 16 heavy (non-hydrogen) atoms. The number of aliphatic hydroxyl groups is 1. The Bertz CT molecular complexity index is 509. The second-order valence-electron chi connectivity index (χ2n) is 3.52. The standard InChI is InChI=1S/C12H10ClIOS/c1-7-2-5-11(16-7)12(15)8-3-4-10(14)9(13)6-8/h2-6,12,15H,1H3. The van der Waals surface area contributed by atoms with Gasteiger partial charge in [-0.05, 0) is 59.3 Å². The molecule has 0 spiro atoms. The molecule has 1 nitrogen and oxygen atoms in total. The summed E-state index contributed by atoms with van der Waals surface area (Å²) in [5.41, 5.74) is 0.840. The summed E-state index contributed by atoms with van der Waals surface area (Å²) in [6.45, 7) is 2.03. The Kier molecular flexibility index (Phi) is 3.89. The van der Waals surface area contributed by atoms with Crippen molar-refractivity contribution < 1.29 is 5.11 Å². The average Bonchev–Trinajstić information content (AvgIpc) is 2.68. The molecule has 1 heterocycles. The minimum absolute atomic E-state index is 0.576. The highest BCUT2D eigenvalue weighted by Crippen LogP contribution is 2.30. The third-order valence-corrected chi connectivity index (χ3v) is 4.92. The first kappa shape index (κ1) is 12.4. The fourth-order valence-corrected chi connectivity index (χ4v) is 2.86. The molecule has 0 bridgehead atoms. The zero-order valence-corrected chi connectivity index (χ0v) is 12.3. The number of thiophene rings is 1. The molecule has 2 rings (SSSR count). The van der Waals surface area contributed by atoms with Crippen LogP contribution < -0.4 is 0 Å². The van der Waals surface area contributed by atoms with E-state index in [0.717, 1.165) is 14.0 Å². The number of hydrogen-bond donors (Lipinski definition) is 1. The Morgan fingerprint density at radius 1 is 1.31 bits per heavy atom. The fourth-order valence-electron chi connectivity index (χ4n) is 1.45. The molecule has 1 N–H and O–H groups in total. The summed E-state index contributed by atoms with van der Waals surface area (Å²) in [7, 11) is 0. The zero-order chi connectivity index (χ0) is 11.7. The van der Waals surface area contributed by atoms with E-state index >= 15 is 0 Å². The summed E-state index contributed by atoms with van der Waals surface area (Å²) >= 11 is 9.81. The van der Waals surface area contributed by atoms with Crippen molar-refractivity contribution in [3.05, 3.63) is 54.2 Å². The van der Waals surface area contributed by atoms with Crippen LogP contribution in [0.3, 0.4) is 0 Å². The monoisotopic (exact) mass is 364 g/mol. The van der Waals surface area contributed by atoms with E-state index in [0.29, 0.717) is 5.02 Å². The van der Waals surface area contributed by atoms with Crippen LogP contribution in [0.2, 0.25) is 5.02 Å². The van der Waals surface area contributed by atoms with Gasteiger partial charge in [-0.3, -0.25) is 0 Å². The summed E-state index contributed by atoms with van der Waals surface area (Å²) < 4.78 is 0.998. The van der Waals surface area contributed by atoms with Gasteiger partial charge >= 0.3 is 0 Å². The van der Waals surface area contributed by atoms with Gasteiger partial charge in [0.05, 0.1) is 5.02 Å². The third kappa shape index (κ3) is 2.59. The first-order valence-corrected chi connectivity index (χ1v) is 7.04. The molecule has 0 aliphatic rings. The first-order chi connectivity index (χ1) is 7.58. The number of rotatable bonds is 2. The van der Waals surface area contributed by atoms with Crippen molar-refractivity contribution in [2.24, 2.45) is 0 Å². The normalized spacial score (nSPS) is 12.8. The minimum Gasteiger partial charge on any atom is -0.383 e. The molecule has 2 aromatic rings. The lowest BCUT2D eigenvalue weighted by molar-refractivity contribution is 0.224. The topological polar surface area (TPSA) is 20.2 Å². The Morgan fingerprint density at radius 3 is 2.62 bits per heavy atom. The lowest BCUT2D eigenvalue weighted by atomic mass is 10.1. The molecule has 0 fully saturated rings. The van der Waals surface area contributed by atoms with Crippen molar-refractivity contribution in [1.82, 2.24) is 0 Å². The van der Waals surface area contributed by atoms with Crippen LogP contribution >= 0.6 is 45.5 Å². The van der Waals surface area contributed by atoms with Crippen molar-refractivity contribution >= 4 is 45.5 Å². The number of hydrogen-bond acceptors (Lipinski definition) is 2. The number of benzene rings is 1. The van der Waals surface area contributed by atoms with Crippen molar-refractivity contribution in [2.75, 3.05) is 0 Å². The molecule has 1 atom stereocenters. The second-order valence-corrected chi connectivity index (χ2v) is 6.41.